The number of anilines is 1. The molecule has 5 nitrogen and oxygen atoms in total. The Hall–Kier alpha value is -2.21. The molecule has 0 radical (unpaired) electrons. The predicted molar refractivity (Wildman–Crippen MR) is 75.2 cm³/mol. The summed E-state index contributed by atoms with van der Waals surface area (Å²) < 4.78 is 0. The van der Waals surface area contributed by atoms with Crippen molar-refractivity contribution in [3.8, 4) is 0 Å². The molecule has 0 spiro atoms. The van der Waals surface area contributed by atoms with Gasteiger partial charge >= 0.3 is 0 Å². The average molecular weight is 272 g/mol. The van der Waals surface area contributed by atoms with Crippen LogP contribution in [0, 0.1) is 0 Å². The van der Waals surface area contributed by atoms with Gasteiger partial charge < -0.3 is 5.32 Å². The third kappa shape index (κ3) is 2.63. The van der Waals surface area contributed by atoms with Gasteiger partial charge in [-0.2, -0.15) is 5.10 Å². The maximum absolute atomic E-state index is 11.9. The van der Waals surface area contributed by atoms with Crippen molar-refractivity contribution in [3.05, 3.63) is 40.7 Å². The molecule has 96 valence electrons. The van der Waals surface area contributed by atoms with E-state index in [0.29, 0.717) is 17.9 Å². The van der Waals surface area contributed by atoms with Crippen LogP contribution in [0.3, 0.4) is 0 Å². The fraction of sp³-hybridized carbons (Fsp3) is 0.154. The molecule has 2 N–H and O–H groups in total. The summed E-state index contributed by atoms with van der Waals surface area (Å²) in [6.07, 6.45) is 2.89. The zero-order valence-electron chi connectivity index (χ0n) is 10.1. The molecular weight excluding hydrogens is 260 g/mol. The molecule has 3 heterocycles. The van der Waals surface area contributed by atoms with E-state index in [1.165, 1.54) is 4.88 Å². The van der Waals surface area contributed by atoms with E-state index in [0.717, 1.165) is 11.8 Å². The van der Waals surface area contributed by atoms with Crippen LogP contribution in [0.25, 0.3) is 11.0 Å². The van der Waals surface area contributed by atoms with E-state index in [9.17, 15) is 4.79 Å². The molecule has 0 fully saturated rings. The SMILES string of the molecule is O=C(CCc1cccs1)Nc1[nH]nc2ncccc12. The molecule has 0 unspecified atom stereocenters. The lowest BCUT2D eigenvalue weighted by Gasteiger charge is -2.02. The number of H-pyrrole nitrogens is 1. The fourth-order valence-electron chi connectivity index (χ4n) is 1.84. The second kappa shape index (κ2) is 5.19. The first-order valence-electron chi connectivity index (χ1n) is 5.94. The summed E-state index contributed by atoms with van der Waals surface area (Å²) in [6.45, 7) is 0. The molecule has 0 aliphatic rings. The summed E-state index contributed by atoms with van der Waals surface area (Å²) in [6, 6.07) is 7.72. The number of pyridine rings is 1. The lowest BCUT2D eigenvalue weighted by Crippen LogP contribution is -2.12. The van der Waals surface area contributed by atoms with Gasteiger partial charge in [0.1, 0.15) is 5.82 Å². The Morgan fingerprint density at radius 1 is 1.37 bits per heavy atom. The molecule has 0 bridgehead atoms. The third-order valence-corrected chi connectivity index (χ3v) is 3.71. The third-order valence-electron chi connectivity index (χ3n) is 2.77. The molecular formula is C13H12N4OS. The molecule has 0 aromatic carbocycles. The van der Waals surface area contributed by atoms with Crippen LogP contribution in [-0.2, 0) is 11.2 Å². The van der Waals surface area contributed by atoms with Crippen molar-refractivity contribution in [1.29, 1.82) is 0 Å². The Morgan fingerprint density at radius 2 is 2.32 bits per heavy atom. The molecule has 0 aliphatic carbocycles. The van der Waals surface area contributed by atoms with Gasteiger partial charge in [0.15, 0.2) is 5.65 Å². The van der Waals surface area contributed by atoms with E-state index in [1.807, 2.05) is 29.6 Å². The highest BCUT2D eigenvalue weighted by atomic mass is 32.1. The molecule has 3 rings (SSSR count). The van der Waals surface area contributed by atoms with Crippen molar-refractivity contribution in [2.45, 2.75) is 12.8 Å². The fourth-order valence-corrected chi connectivity index (χ4v) is 2.55. The number of amides is 1. The Labute approximate surface area is 113 Å². The van der Waals surface area contributed by atoms with E-state index in [2.05, 4.69) is 20.5 Å². The Bertz CT molecular complexity index is 690. The van der Waals surface area contributed by atoms with Crippen LogP contribution in [-0.4, -0.2) is 21.1 Å². The second-order valence-electron chi connectivity index (χ2n) is 4.10. The van der Waals surface area contributed by atoms with Gasteiger partial charge in [-0.15, -0.1) is 11.3 Å². The number of carbonyl (C=O) groups is 1. The second-order valence-corrected chi connectivity index (χ2v) is 5.13. The number of nitrogens with one attached hydrogen (secondary N) is 2. The zero-order chi connectivity index (χ0) is 13.1. The summed E-state index contributed by atoms with van der Waals surface area (Å²) >= 11 is 1.67. The number of carbonyl (C=O) groups excluding carboxylic acids is 1. The first-order valence-corrected chi connectivity index (χ1v) is 6.82. The number of aryl methyl sites for hydroxylation is 1. The summed E-state index contributed by atoms with van der Waals surface area (Å²) in [5.41, 5.74) is 0.607. The van der Waals surface area contributed by atoms with Crippen molar-refractivity contribution in [2.75, 3.05) is 5.32 Å². The minimum absolute atomic E-state index is 0.0252. The smallest absolute Gasteiger partial charge is 0.225 e. The highest BCUT2D eigenvalue weighted by Crippen LogP contribution is 2.18. The number of nitrogens with zero attached hydrogens (tertiary/aromatic N) is 2. The molecule has 19 heavy (non-hydrogen) atoms. The monoisotopic (exact) mass is 272 g/mol. The highest BCUT2D eigenvalue weighted by Gasteiger charge is 2.09. The van der Waals surface area contributed by atoms with Gasteiger partial charge in [0.2, 0.25) is 5.91 Å². The molecule has 0 saturated carbocycles. The summed E-state index contributed by atoms with van der Waals surface area (Å²) in [4.78, 5) is 17.2. The quantitative estimate of drug-likeness (QED) is 0.767. The maximum atomic E-state index is 11.9. The topological polar surface area (TPSA) is 70.7 Å². The number of fused-ring (bicyclic) bond motifs is 1. The lowest BCUT2D eigenvalue weighted by molar-refractivity contribution is -0.116. The van der Waals surface area contributed by atoms with Gasteiger partial charge in [-0.25, -0.2) is 4.98 Å². The zero-order valence-corrected chi connectivity index (χ0v) is 10.9. The largest absolute Gasteiger partial charge is 0.311 e. The molecule has 6 heteroatoms. The number of hydrogen-bond acceptors (Lipinski definition) is 4. The van der Waals surface area contributed by atoms with Gasteiger partial charge in [-0.1, -0.05) is 6.07 Å². The van der Waals surface area contributed by atoms with Crippen LogP contribution < -0.4 is 5.32 Å². The Kier molecular flexibility index (Phi) is 3.24. The molecule has 0 atom stereocenters. The number of hydrogen-bond donors (Lipinski definition) is 2. The molecule has 3 aromatic heterocycles. The minimum Gasteiger partial charge on any atom is -0.311 e. The molecule has 1 amide bonds. The number of aromatic amines is 1. The van der Waals surface area contributed by atoms with Crippen LogP contribution in [0.4, 0.5) is 5.82 Å². The Balaban J connectivity index is 1.66. The van der Waals surface area contributed by atoms with Gasteiger partial charge in [0.25, 0.3) is 0 Å². The van der Waals surface area contributed by atoms with Crippen molar-refractivity contribution < 1.29 is 4.79 Å². The van der Waals surface area contributed by atoms with Crippen LogP contribution in [0.5, 0.6) is 0 Å². The van der Waals surface area contributed by atoms with Crippen molar-refractivity contribution >= 4 is 34.1 Å². The van der Waals surface area contributed by atoms with Crippen LogP contribution in [0.1, 0.15) is 11.3 Å². The van der Waals surface area contributed by atoms with Gasteiger partial charge in [0.05, 0.1) is 5.39 Å². The van der Waals surface area contributed by atoms with E-state index < -0.39 is 0 Å². The van der Waals surface area contributed by atoms with Crippen LogP contribution >= 0.6 is 11.3 Å². The standard InChI is InChI=1S/C13H12N4OS/c18-11(6-5-9-3-2-8-19-9)15-13-10-4-1-7-14-12(10)16-17-13/h1-4,7-8H,5-6H2,(H2,14,15,16,17,18). The van der Waals surface area contributed by atoms with E-state index >= 15 is 0 Å². The van der Waals surface area contributed by atoms with Crippen LogP contribution in [0.15, 0.2) is 35.8 Å². The molecule has 0 saturated heterocycles. The van der Waals surface area contributed by atoms with Crippen molar-refractivity contribution in [2.24, 2.45) is 0 Å². The Morgan fingerprint density at radius 3 is 3.16 bits per heavy atom. The first kappa shape index (κ1) is 11.9. The first-order chi connectivity index (χ1) is 9.33. The maximum Gasteiger partial charge on any atom is 0.225 e. The number of aromatic nitrogens is 3. The average Bonchev–Trinajstić information content (AvgIpc) is 3.07. The van der Waals surface area contributed by atoms with Gasteiger partial charge in [0, 0.05) is 17.5 Å². The van der Waals surface area contributed by atoms with Gasteiger partial charge in [-0.3, -0.25) is 9.89 Å². The van der Waals surface area contributed by atoms with Crippen molar-refractivity contribution in [1.82, 2.24) is 15.2 Å². The summed E-state index contributed by atoms with van der Waals surface area (Å²) in [7, 11) is 0. The van der Waals surface area contributed by atoms with Crippen molar-refractivity contribution in [3.63, 3.8) is 0 Å². The van der Waals surface area contributed by atoms with E-state index in [-0.39, 0.29) is 5.91 Å². The van der Waals surface area contributed by atoms with Crippen LogP contribution in [0.2, 0.25) is 0 Å². The summed E-state index contributed by atoms with van der Waals surface area (Å²) in [5.74, 6) is 0.585. The normalized spacial score (nSPS) is 10.7. The lowest BCUT2D eigenvalue weighted by atomic mass is 10.2. The molecule has 0 aliphatic heterocycles. The van der Waals surface area contributed by atoms with E-state index in [4.69, 9.17) is 0 Å². The molecule has 3 aromatic rings. The van der Waals surface area contributed by atoms with E-state index in [1.54, 1.807) is 17.5 Å². The summed E-state index contributed by atoms with van der Waals surface area (Å²) in [5, 5.41) is 12.5. The minimum atomic E-state index is -0.0252. The predicted octanol–water partition coefficient (Wildman–Crippen LogP) is 2.59. The number of thiophene rings is 1. The highest BCUT2D eigenvalue weighted by molar-refractivity contribution is 7.09. The number of rotatable bonds is 4. The van der Waals surface area contributed by atoms with Gasteiger partial charge in [-0.05, 0) is 30.0 Å².